The van der Waals surface area contributed by atoms with Crippen LogP contribution in [-0.4, -0.2) is 41.3 Å². The maximum absolute atomic E-state index is 12.2. The van der Waals surface area contributed by atoms with Gasteiger partial charge in [0.15, 0.2) is 0 Å². The number of hydrogen-bond acceptors (Lipinski definition) is 9. The van der Waals surface area contributed by atoms with E-state index in [1.165, 1.54) is 6.20 Å². The molecule has 10 heteroatoms. The van der Waals surface area contributed by atoms with Crippen molar-refractivity contribution in [3.05, 3.63) is 34.3 Å². The number of esters is 2. The first-order valence-electron chi connectivity index (χ1n) is 9.58. The molecule has 0 amide bonds. The van der Waals surface area contributed by atoms with E-state index in [-0.39, 0.29) is 24.2 Å². The van der Waals surface area contributed by atoms with Crippen LogP contribution < -0.4 is 10.2 Å². The predicted octanol–water partition coefficient (Wildman–Crippen LogP) is 2.91. The third-order valence-electron chi connectivity index (χ3n) is 4.22. The fraction of sp³-hybridized carbons (Fsp3) is 0.450. The number of aryl methyl sites for hydroxylation is 1. The van der Waals surface area contributed by atoms with Gasteiger partial charge >= 0.3 is 19.1 Å². The molecule has 160 valence electrons. The number of fused-ring (bicyclic) bond motifs is 1. The van der Waals surface area contributed by atoms with Gasteiger partial charge in [-0.2, -0.15) is 0 Å². The number of carbonyl (C=O) groups is 2. The highest BCUT2D eigenvalue weighted by Gasteiger charge is 2.38. The summed E-state index contributed by atoms with van der Waals surface area (Å²) >= 11 is 1.07. The molecule has 0 radical (unpaired) electrons. The molecular formula is C20H24BNO7S. The molecule has 3 rings (SSSR count). The molecule has 0 spiro atoms. The predicted molar refractivity (Wildman–Crippen MR) is 111 cm³/mol. The summed E-state index contributed by atoms with van der Waals surface area (Å²) in [7, 11) is -1.17. The second-order valence-electron chi connectivity index (χ2n) is 7.82. The van der Waals surface area contributed by atoms with Crippen LogP contribution in [-0.2, 0) is 18.9 Å². The van der Waals surface area contributed by atoms with Gasteiger partial charge in [0.2, 0.25) is 0 Å². The van der Waals surface area contributed by atoms with Crippen molar-refractivity contribution in [2.75, 3.05) is 6.61 Å². The van der Waals surface area contributed by atoms with Crippen LogP contribution in [0.15, 0.2) is 18.3 Å². The number of nitrogens with zero attached hydrogens (tertiary/aromatic N) is 1. The second-order valence-corrected chi connectivity index (χ2v) is 8.82. The summed E-state index contributed by atoms with van der Waals surface area (Å²) in [6.07, 6.45) is 0.841. The maximum Gasteiger partial charge on any atom is 0.492 e. The van der Waals surface area contributed by atoms with Crippen LogP contribution in [0, 0.1) is 6.92 Å². The van der Waals surface area contributed by atoms with Gasteiger partial charge in [-0.3, -0.25) is 4.79 Å². The zero-order chi connectivity index (χ0) is 22.1. The van der Waals surface area contributed by atoms with Crippen LogP contribution in [0.5, 0.6) is 10.9 Å². The third-order valence-corrected chi connectivity index (χ3v) is 5.08. The number of rotatable bonds is 6. The van der Waals surface area contributed by atoms with Gasteiger partial charge in [-0.05, 0) is 63.3 Å². The lowest BCUT2D eigenvalue weighted by Crippen LogP contribution is -2.28. The van der Waals surface area contributed by atoms with Gasteiger partial charge in [-0.1, -0.05) is 11.3 Å². The van der Waals surface area contributed by atoms with Crippen LogP contribution in [0.3, 0.4) is 0 Å². The van der Waals surface area contributed by atoms with Gasteiger partial charge in [-0.15, -0.1) is 0 Å². The zero-order valence-electron chi connectivity index (χ0n) is 17.6. The van der Waals surface area contributed by atoms with Crippen molar-refractivity contribution in [3.8, 4) is 10.9 Å². The summed E-state index contributed by atoms with van der Waals surface area (Å²) in [6, 6.07) is 3.42. The van der Waals surface area contributed by atoms with Crippen molar-refractivity contribution < 1.29 is 33.5 Å². The topological polar surface area (TPSA) is 104 Å². The standard InChI is InChI=1S/C20H24BNO7S/c1-6-26-16(23)9-14-17-11(2)7-12(8-13(17)21(25)29-14)27-19-22-10-15(30-19)18(24)28-20(3,4)5/h7-8,10,14,25H,6,9H2,1-5H3. The molecule has 1 aromatic carbocycles. The van der Waals surface area contributed by atoms with Crippen LogP contribution in [0.2, 0.25) is 0 Å². The highest BCUT2D eigenvalue weighted by atomic mass is 32.1. The smallest absolute Gasteiger partial charge is 0.466 e. The molecule has 1 unspecified atom stereocenters. The minimum absolute atomic E-state index is 0.0185. The van der Waals surface area contributed by atoms with Gasteiger partial charge in [-0.25, -0.2) is 9.78 Å². The normalized spacial score (nSPS) is 15.7. The molecule has 30 heavy (non-hydrogen) atoms. The fourth-order valence-electron chi connectivity index (χ4n) is 3.14. The van der Waals surface area contributed by atoms with Crippen molar-refractivity contribution in [2.45, 2.75) is 52.7 Å². The average Bonchev–Trinajstić information content (AvgIpc) is 3.19. The van der Waals surface area contributed by atoms with E-state index in [2.05, 4.69) is 4.98 Å². The van der Waals surface area contributed by atoms with Crippen molar-refractivity contribution in [1.82, 2.24) is 4.98 Å². The first kappa shape index (κ1) is 22.3. The number of carbonyl (C=O) groups excluding carboxylic acids is 2. The van der Waals surface area contributed by atoms with E-state index >= 15 is 0 Å². The van der Waals surface area contributed by atoms with Crippen LogP contribution in [0.25, 0.3) is 0 Å². The van der Waals surface area contributed by atoms with Gasteiger partial charge in [0, 0.05) is 0 Å². The van der Waals surface area contributed by atoms with Gasteiger partial charge in [0.1, 0.15) is 16.2 Å². The molecule has 1 aliphatic heterocycles. The molecule has 0 saturated carbocycles. The Morgan fingerprint density at radius 1 is 1.33 bits per heavy atom. The summed E-state index contributed by atoms with van der Waals surface area (Å²) in [6.45, 7) is 9.24. The largest absolute Gasteiger partial charge is 0.492 e. The highest BCUT2D eigenvalue weighted by Crippen LogP contribution is 2.34. The molecule has 0 aliphatic carbocycles. The Bertz CT molecular complexity index is 953. The van der Waals surface area contributed by atoms with E-state index in [4.69, 9.17) is 18.9 Å². The number of benzene rings is 1. The SMILES string of the molecule is CCOC(=O)CC1OB(O)c2cc(Oc3ncc(C(=O)OC(C)(C)C)s3)cc(C)c21. The number of hydrogen-bond donors (Lipinski definition) is 1. The van der Waals surface area contributed by atoms with Gasteiger partial charge < -0.3 is 23.9 Å². The molecule has 1 N–H and O–H groups in total. The van der Waals surface area contributed by atoms with Crippen LogP contribution in [0.4, 0.5) is 0 Å². The summed E-state index contributed by atoms with van der Waals surface area (Å²) in [4.78, 5) is 28.4. The zero-order valence-corrected chi connectivity index (χ0v) is 18.4. The number of ether oxygens (including phenoxy) is 3. The highest BCUT2D eigenvalue weighted by molar-refractivity contribution is 7.15. The quantitative estimate of drug-likeness (QED) is 0.548. The molecule has 1 atom stereocenters. The van der Waals surface area contributed by atoms with Crippen LogP contribution in [0.1, 0.15) is 61.0 Å². The molecule has 1 aliphatic rings. The minimum Gasteiger partial charge on any atom is -0.466 e. The summed E-state index contributed by atoms with van der Waals surface area (Å²) in [5.74, 6) is -0.416. The minimum atomic E-state index is -1.17. The Labute approximate surface area is 179 Å². The molecule has 2 heterocycles. The molecule has 0 fully saturated rings. The molecule has 2 aromatic rings. The molecule has 0 bridgehead atoms. The molecular weight excluding hydrogens is 409 g/mol. The molecule has 0 saturated heterocycles. The average molecular weight is 433 g/mol. The Morgan fingerprint density at radius 2 is 2.07 bits per heavy atom. The van der Waals surface area contributed by atoms with Crippen LogP contribution >= 0.6 is 11.3 Å². The van der Waals surface area contributed by atoms with Crippen molar-refractivity contribution in [3.63, 3.8) is 0 Å². The van der Waals surface area contributed by atoms with E-state index in [1.807, 2.05) is 6.92 Å². The van der Waals surface area contributed by atoms with Gasteiger partial charge in [0.05, 0.1) is 25.3 Å². The van der Waals surface area contributed by atoms with Crippen molar-refractivity contribution in [1.29, 1.82) is 0 Å². The first-order chi connectivity index (χ1) is 14.1. The Kier molecular flexibility index (Phi) is 6.49. The van der Waals surface area contributed by atoms with Crippen molar-refractivity contribution >= 4 is 35.9 Å². The Morgan fingerprint density at radius 3 is 2.73 bits per heavy atom. The van der Waals surface area contributed by atoms with E-state index in [9.17, 15) is 14.6 Å². The second kappa shape index (κ2) is 8.75. The molecule has 1 aromatic heterocycles. The number of thiazole rings is 1. The van der Waals surface area contributed by atoms with Crippen molar-refractivity contribution in [2.24, 2.45) is 0 Å². The lowest BCUT2D eigenvalue weighted by atomic mass is 9.77. The van der Waals surface area contributed by atoms with E-state index in [0.717, 1.165) is 22.5 Å². The Hall–Kier alpha value is -2.43. The lowest BCUT2D eigenvalue weighted by Gasteiger charge is -2.18. The first-order valence-corrected chi connectivity index (χ1v) is 10.4. The lowest BCUT2D eigenvalue weighted by molar-refractivity contribution is -0.145. The van der Waals surface area contributed by atoms with E-state index in [0.29, 0.717) is 16.1 Å². The van der Waals surface area contributed by atoms with Gasteiger partial charge in [0.25, 0.3) is 5.19 Å². The summed E-state index contributed by atoms with van der Waals surface area (Å²) < 4.78 is 21.6. The number of aromatic nitrogens is 1. The van der Waals surface area contributed by atoms with E-state index in [1.54, 1.807) is 39.8 Å². The van der Waals surface area contributed by atoms with E-state index < -0.39 is 24.8 Å². The fourth-order valence-corrected chi connectivity index (χ4v) is 3.80. The third kappa shape index (κ3) is 5.19. The summed E-state index contributed by atoms with van der Waals surface area (Å²) in [5.41, 5.74) is 1.48. The monoisotopic (exact) mass is 433 g/mol. The maximum atomic E-state index is 12.2. The Balaban J connectivity index is 1.77. The summed E-state index contributed by atoms with van der Waals surface area (Å²) in [5, 5.41) is 10.6. The molecule has 8 nitrogen and oxygen atoms in total.